The van der Waals surface area contributed by atoms with Gasteiger partial charge in [-0.15, -0.1) is 11.3 Å². The summed E-state index contributed by atoms with van der Waals surface area (Å²) < 4.78 is 2.25. The summed E-state index contributed by atoms with van der Waals surface area (Å²) in [6, 6.07) is 0.589. The summed E-state index contributed by atoms with van der Waals surface area (Å²) >= 11 is 1.88. The van der Waals surface area contributed by atoms with E-state index in [1.165, 1.54) is 34.1 Å². The van der Waals surface area contributed by atoms with Crippen molar-refractivity contribution in [1.82, 2.24) is 19.9 Å². The van der Waals surface area contributed by atoms with E-state index in [-0.39, 0.29) is 6.04 Å². The molecule has 2 aromatic rings. The van der Waals surface area contributed by atoms with Crippen LogP contribution in [0.2, 0.25) is 0 Å². The molecule has 0 saturated carbocycles. The fraction of sp³-hybridized carbons (Fsp3) is 0.625. The number of thiazole rings is 1. The average Bonchev–Trinajstić information content (AvgIpc) is 3.13. The van der Waals surface area contributed by atoms with Gasteiger partial charge in [0.15, 0.2) is 0 Å². The minimum absolute atomic E-state index is 0.172. The number of hydrogen-bond donors (Lipinski definition) is 1. The molecule has 2 heterocycles. The van der Waals surface area contributed by atoms with E-state index >= 15 is 0 Å². The monoisotopic (exact) mass is 304 g/mol. The van der Waals surface area contributed by atoms with Crippen LogP contribution < -0.4 is 5.32 Å². The Morgan fingerprint density at radius 3 is 2.95 bits per heavy atom. The smallest absolute Gasteiger partial charge is 0.116 e. The highest BCUT2D eigenvalue weighted by Gasteiger charge is 2.25. The van der Waals surface area contributed by atoms with Crippen molar-refractivity contribution >= 4 is 11.3 Å². The van der Waals surface area contributed by atoms with Crippen LogP contribution in [0.3, 0.4) is 0 Å². The number of aromatic nitrogens is 3. The van der Waals surface area contributed by atoms with Crippen LogP contribution in [0.4, 0.5) is 0 Å². The van der Waals surface area contributed by atoms with Crippen LogP contribution in [0.1, 0.15) is 67.0 Å². The molecule has 0 fully saturated rings. The van der Waals surface area contributed by atoms with Gasteiger partial charge in [0.2, 0.25) is 0 Å². The molecule has 114 valence electrons. The summed E-state index contributed by atoms with van der Waals surface area (Å²) in [6.07, 6.45) is 8.66. The quantitative estimate of drug-likeness (QED) is 0.888. The molecule has 0 aromatic carbocycles. The van der Waals surface area contributed by atoms with Crippen LogP contribution >= 0.6 is 11.3 Å². The van der Waals surface area contributed by atoms with Crippen LogP contribution in [0.25, 0.3) is 0 Å². The Bertz CT molecular complexity index is 578. The lowest BCUT2D eigenvalue weighted by molar-refractivity contribution is 0.512. The third-order valence-corrected chi connectivity index (χ3v) is 5.23. The van der Waals surface area contributed by atoms with Gasteiger partial charge in [0, 0.05) is 10.9 Å². The molecule has 1 aliphatic carbocycles. The van der Waals surface area contributed by atoms with Crippen molar-refractivity contribution in [2.45, 2.75) is 58.5 Å². The zero-order valence-corrected chi connectivity index (χ0v) is 13.9. The largest absolute Gasteiger partial charge is 0.330 e. The SMILES string of the molecule is CCCNC(c1nc2c(s1)CCC2)c1cncn1C(C)C. The molecule has 1 unspecified atom stereocenters. The molecule has 0 aliphatic heterocycles. The Balaban J connectivity index is 1.94. The fourth-order valence-electron chi connectivity index (χ4n) is 2.91. The molecule has 0 radical (unpaired) electrons. The molecule has 2 aromatic heterocycles. The van der Waals surface area contributed by atoms with Crippen molar-refractivity contribution in [3.05, 3.63) is 33.8 Å². The molecule has 1 N–H and O–H groups in total. The first kappa shape index (κ1) is 14.7. The minimum atomic E-state index is 0.172. The maximum atomic E-state index is 4.92. The number of fused-ring (bicyclic) bond motifs is 1. The van der Waals surface area contributed by atoms with E-state index in [0.29, 0.717) is 6.04 Å². The highest BCUT2D eigenvalue weighted by molar-refractivity contribution is 7.11. The Hall–Kier alpha value is -1.20. The van der Waals surface area contributed by atoms with Gasteiger partial charge in [0.1, 0.15) is 11.0 Å². The molecule has 5 heteroatoms. The molecule has 1 atom stereocenters. The van der Waals surface area contributed by atoms with E-state index in [1.807, 2.05) is 23.9 Å². The highest BCUT2D eigenvalue weighted by Crippen LogP contribution is 2.33. The molecule has 0 saturated heterocycles. The van der Waals surface area contributed by atoms with Crippen molar-refractivity contribution < 1.29 is 0 Å². The van der Waals surface area contributed by atoms with Crippen molar-refractivity contribution in [3.8, 4) is 0 Å². The second-order valence-corrected chi connectivity index (χ2v) is 7.10. The third kappa shape index (κ3) is 2.90. The Kier molecular flexibility index (Phi) is 4.40. The maximum Gasteiger partial charge on any atom is 0.116 e. The second kappa shape index (κ2) is 6.28. The van der Waals surface area contributed by atoms with E-state index in [4.69, 9.17) is 4.98 Å². The van der Waals surface area contributed by atoms with E-state index in [9.17, 15) is 0 Å². The summed E-state index contributed by atoms with van der Waals surface area (Å²) in [5.41, 5.74) is 2.56. The van der Waals surface area contributed by atoms with Crippen LogP contribution in [0.5, 0.6) is 0 Å². The summed E-state index contributed by atoms with van der Waals surface area (Å²) in [4.78, 5) is 10.8. The van der Waals surface area contributed by atoms with Crippen LogP contribution in [0, 0.1) is 0 Å². The lowest BCUT2D eigenvalue weighted by Crippen LogP contribution is -2.26. The number of aryl methyl sites for hydroxylation is 2. The maximum absolute atomic E-state index is 4.92. The zero-order chi connectivity index (χ0) is 14.8. The van der Waals surface area contributed by atoms with Crippen molar-refractivity contribution in [2.75, 3.05) is 6.54 Å². The average molecular weight is 304 g/mol. The van der Waals surface area contributed by atoms with E-state index in [0.717, 1.165) is 19.4 Å². The lowest BCUT2D eigenvalue weighted by atomic mass is 10.2. The first-order valence-corrected chi connectivity index (χ1v) is 8.76. The van der Waals surface area contributed by atoms with E-state index in [1.54, 1.807) is 0 Å². The zero-order valence-electron chi connectivity index (χ0n) is 13.1. The lowest BCUT2D eigenvalue weighted by Gasteiger charge is -2.20. The van der Waals surface area contributed by atoms with Gasteiger partial charge in [0.25, 0.3) is 0 Å². The predicted octanol–water partition coefficient (Wildman–Crippen LogP) is 3.50. The molecule has 0 bridgehead atoms. The van der Waals surface area contributed by atoms with Gasteiger partial charge in [-0.25, -0.2) is 9.97 Å². The Morgan fingerprint density at radius 1 is 1.38 bits per heavy atom. The van der Waals surface area contributed by atoms with Gasteiger partial charge in [0.05, 0.1) is 23.9 Å². The summed E-state index contributed by atoms with van der Waals surface area (Å²) in [6.45, 7) is 7.59. The van der Waals surface area contributed by atoms with Crippen LogP contribution in [-0.4, -0.2) is 21.1 Å². The number of rotatable bonds is 6. The first-order valence-electron chi connectivity index (χ1n) is 7.94. The van der Waals surface area contributed by atoms with E-state index in [2.05, 4.69) is 35.6 Å². The molecule has 21 heavy (non-hydrogen) atoms. The summed E-state index contributed by atoms with van der Waals surface area (Å²) in [7, 11) is 0. The number of nitrogens with zero attached hydrogens (tertiary/aromatic N) is 3. The van der Waals surface area contributed by atoms with Crippen LogP contribution in [-0.2, 0) is 12.8 Å². The van der Waals surface area contributed by atoms with Crippen molar-refractivity contribution in [1.29, 1.82) is 0 Å². The predicted molar refractivity (Wildman–Crippen MR) is 86.9 cm³/mol. The Morgan fingerprint density at radius 2 is 2.24 bits per heavy atom. The standard InChI is InChI=1S/C16H24N4S/c1-4-8-18-15(13-9-17-10-20(13)11(2)3)16-19-12-6-5-7-14(12)21-16/h9-11,15,18H,4-8H2,1-3H3. The molecule has 4 nitrogen and oxygen atoms in total. The topological polar surface area (TPSA) is 42.7 Å². The second-order valence-electron chi connectivity index (χ2n) is 5.98. The molecule has 0 spiro atoms. The number of imidazole rings is 1. The molecular weight excluding hydrogens is 280 g/mol. The number of nitrogens with one attached hydrogen (secondary N) is 1. The summed E-state index contributed by atoms with van der Waals surface area (Å²) in [5.74, 6) is 0. The van der Waals surface area contributed by atoms with Gasteiger partial charge >= 0.3 is 0 Å². The van der Waals surface area contributed by atoms with Gasteiger partial charge in [-0.3, -0.25) is 0 Å². The van der Waals surface area contributed by atoms with Crippen LogP contribution in [0.15, 0.2) is 12.5 Å². The van der Waals surface area contributed by atoms with Gasteiger partial charge < -0.3 is 9.88 Å². The van der Waals surface area contributed by atoms with E-state index < -0.39 is 0 Å². The summed E-state index contributed by atoms with van der Waals surface area (Å²) in [5, 5.41) is 4.86. The Labute approximate surface area is 130 Å². The molecule has 3 rings (SSSR count). The highest BCUT2D eigenvalue weighted by atomic mass is 32.1. The molecule has 1 aliphatic rings. The molecule has 0 amide bonds. The first-order chi connectivity index (χ1) is 10.2. The number of hydrogen-bond acceptors (Lipinski definition) is 4. The minimum Gasteiger partial charge on any atom is -0.330 e. The molecular formula is C16H24N4S. The third-order valence-electron chi connectivity index (χ3n) is 4.01. The van der Waals surface area contributed by atoms with Gasteiger partial charge in [-0.05, 0) is 46.1 Å². The van der Waals surface area contributed by atoms with Gasteiger partial charge in [-0.2, -0.15) is 0 Å². The normalized spacial score (nSPS) is 15.6. The fourth-order valence-corrected chi connectivity index (χ4v) is 4.15. The van der Waals surface area contributed by atoms with Crippen molar-refractivity contribution in [3.63, 3.8) is 0 Å². The van der Waals surface area contributed by atoms with Gasteiger partial charge in [-0.1, -0.05) is 6.92 Å². The van der Waals surface area contributed by atoms with Crippen molar-refractivity contribution in [2.24, 2.45) is 0 Å².